The molecular weight excluding hydrogens is 661 g/mol. The summed E-state index contributed by atoms with van der Waals surface area (Å²) >= 11 is 0. The van der Waals surface area contributed by atoms with Crippen LogP contribution in [0.5, 0.6) is 0 Å². The molecule has 0 saturated carbocycles. The largest absolute Gasteiger partial charge is 0.480 e. The molecule has 0 heterocycles. The minimum absolute atomic E-state index is 0.129. The van der Waals surface area contributed by atoms with Crippen LogP contribution in [0.15, 0.2) is 60.8 Å². The summed E-state index contributed by atoms with van der Waals surface area (Å²) in [4.78, 5) is 45.6. The highest BCUT2D eigenvalue weighted by atomic mass is 31.2. The molecule has 0 aromatic rings. The Morgan fingerprint density at radius 1 is 0.660 bits per heavy atom. The number of aliphatic hydroxyl groups excluding tert-OH is 1. The van der Waals surface area contributed by atoms with Crippen LogP contribution in [-0.2, 0) is 32.7 Å². The van der Waals surface area contributed by atoms with Gasteiger partial charge in [-0.15, -0.1) is 0 Å². The number of aliphatic hydroxyl groups is 1. The van der Waals surface area contributed by atoms with Crippen LogP contribution in [0.4, 0.5) is 0 Å². The van der Waals surface area contributed by atoms with E-state index in [2.05, 4.69) is 79.9 Å². The van der Waals surface area contributed by atoms with Crippen molar-refractivity contribution in [3.63, 3.8) is 0 Å². The average Bonchev–Trinajstić information content (AvgIpc) is 3.08. The molecule has 0 aromatic heterocycles. The second-order valence-corrected chi connectivity index (χ2v) is 13.5. The molecule has 3 unspecified atom stereocenters. The number of nitrogens with one attached hydrogen (secondary N) is 1. The molecule has 0 spiro atoms. The number of hydrogen-bond donors (Lipinski definition) is 4. The summed E-state index contributed by atoms with van der Waals surface area (Å²) in [6.07, 6.45) is 35.5. The highest BCUT2D eigenvalue weighted by Crippen LogP contribution is 2.43. The molecule has 0 saturated heterocycles. The van der Waals surface area contributed by atoms with E-state index in [0.717, 1.165) is 77.0 Å². The molecule has 0 aromatic carbocycles. The molecule has 0 rings (SSSR count). The van der Waals surface area contributed by atoms with Crippen molar-refractivity contribution in [1.82, 2.24) is 5.32 Å². The van der Waals surface area contributed by atoms with Crippen molar-refractivity contribution in [1.29, 1.82) is 0 Å². The van der Waals surface area contributed by atoms with E-state index >= 15 is 0 Å². The quantitative estimate of drug-likeness (QED) is 0.0223. The van der Waals surface area contributed by atoms with Crippen LogP contribution < -0.4 is 5.32 Å². The van der Waals surface area contributed by atoms with Gasteiger partial charge in [0.2, 0.25) is 5.91 Å². The van der Waals surface area contributed by atoms with Gasteiger partial charge in [0.05, 0.1) is 13.2 Å². The van der Waals surface area contributed by atoms with Gasteiger partial charge in [0.15, 0.2) is 6.04 Å². The third kappa shape index (κ3) is 32.4. The van der Waals surface area contributed by atoms with Crippen LogP contribution in [0.1, 0.15) is 129 Å². The normalized spacial score (nSPS) is 14.6. The summed E-state index contributed by atoms with van der Waals surface area (Å²) < 4.78 is 26.6. The maximum atomic E-state index is 12.2. The lowest BCUT2D eigenvalue weighted by Crippen LogP contribution is -2.43. The van der Waals surface area contributed by atoms with Crippen LogP contribution in [0.3, 0.4) is 0 Å². The monoisotopic (exact) mass is 725 g/mol. The van der Waals surface area contributed by atoms with Crippen molar-refractivity contribution in [2.75, 3.05) is 19.8 Å². The van der Waals surface area contributed by atoms with E-state index in [0.29, 0.717) is 12.8 Å². The molecule has 4 N–H and O–H groups in total. The lowest BCUT2D eigenvalue weighted by Gasteiger charge is -2.18. The summed E-state index contributed by atoms with van der Waals surface area (Å²) in [6.45, 7) is 2.34. The fourth-order valence-corrected chi connectivity index (χ4v) is 5.17. The number of phosphoric ester groups is 1. The second kappa shape index (κ2) is 33.3. The minimum Gasteiger partial charge on any atom is -0.480 e. The molecule has 1 amide bonds. The topological polar surface area (TPSA) is 169 Å². The van der Waals surface area contributed by atoms with Crippen molar-refractivity contribution < 1.29 is 47.8 Å². The van der Waals surface area contributed by atoms with Crippen molar-refractivity contribution >= 4 is 25.7 Å². The summed E-state index contributed by atoms with van der Waals surface area (Å²) in [6, 6.07) is -1.56. The molecule has 0 radical (unpaired) electrons. The van der Waals surface area contributed by atoms with Crippen molar-refractivity contribution in [2.45, 2.75) is 142 Å². The van der Waals surface area contributed by atoms with Gasteiger partial charge in [0, 0.05) is 12.8 Å². The molecule has 0 aliphatic rings. The number of carboxylic acids is 1. The average molecular weight is 726 g/mol. The molecule has 12 heteroatoms. The zero-order valence-electron chi connectivity index (χ0n) is 30.4. The molecule has 3 atom stereocenters. The highest BCUT2D eigenvalue weighted by Gasteiger charge is 2.28. The molecular formula is C38H64NO10P. The number of amides is 1. The first-order valence-electron chi connectivity index (χ1n) is 18.3. The molecule has 0 fully saturated rings. The predicted molar refractivity (Wildman–Crippen MR) is 198 cm³/mol. The van der Waals surface area contributed by atoms with E-state index in [1.807, 2.05) is 0 Å². The van der Waals surface area contributed by atoms with Crippen LogP contribution >= 0.6 is 7.82 Å². The first kappa shape index (κ1) is 47.2. The number of esters is 1. The van der Waals surface area contributed by atoms with E-state index in [1.165, 1.54) is 12.8 Å². The van der Waals surface area contributed by atoms with E-state index in [4.69, 9.17) is 13.8 Å². The fourth-order valence-electron chi connectivity index (χ4n) is 4.40. The third-order valence-corrected chi connectivity index (χ3v) is 8.24. The van der Waals surface area contributed by atoms with Crippen LogP contribution in [-0.4, -0.2) is 64.9 Å². The van der Waals surface area contributed by atoms with E-state index in [9.17, 15) is 34.1 Å². The Labute approximate surface area is 300 Å². The van der Waals surface area contributed by atoms with Gasteiger partial charge in [-0.2, -0.15) is 0 Å². The lowest BCUT2D eigenvalue weighted by molar-refractivity contribution is -0.147. The molecule has 50 heavy (non-hydrogen) atoms. The van der Waals surface area contributed by atoms with Crippen LogP contribution in [0.25, 0.3) is 0 Å². The Kier molecular flexibility index (Phi) is 31.5. The number of carbonyl (C=O) groups is 3. The van der Waals surface area contributed by atoms with Gasteiger partial charge in [0.25, 0.3) is 0 Å². The van der Waals surface area contributed by atoms with Gasteiger partial charge in [-0.25, -0.2) is 9.36 Å². The van der Waals surface area contributed by atoms with Crippen molar-refractivity contribution in [2.24, 2.45) is 0 Å². The van der Waals surface area contributed by atoms with Gasteiger partial charge in [-0.05, 0) is 70.6 Å². The van der Waals surface area contributed by atoms with Crippen molar-refractivity contribution in [3.8, 4) is 0 Å². The Bertz CT molecular complexity index is 1090. The maximum absolute atomic E-state index is 12.2. The number of rotatable bonds is 33. The minimum atomic E-state index is -4.76. The summed E-state index contributed by atoms with van der Waals surface area (Å²) in [5, 5.41) is 21.7. The zero-order chi connectivity index (χ0) is 37.1. The first-order valence-corrected chi connectivity index (χ1v) is 19.8. The number of aliphatic carboxylic acids is 1. The second-order valence-electron chi connectivity index (χ2n) is 12.0. The predicted octanol–water partition coefficient (Wildman–Crippen LogP) is 8.44. The number of hydrogen-bond acceptors (Lipinski definition) is 8. The highest BCUT2D eigenvalue weighted by molar-refractivity contribution is 7.47. The SMILES string of the molecule is CC/C=C\C/C=C\C/C=C\C/C=C\CCCCC(=O)OCC(O)COP(=O)(O)OCC(NC(=O)CCCCCCC/C=C\CCCC)C(=O)O. The Morgan fingerprint density at radius 2 is 1.16 bits per heavy atom. The van der Waals surface area contributed by atoms with Gasteiger partial charge >= 0.3 is 19.8 Å². The number of phosphoric acid groups is 1. The number of unbranched alkanes of at least 4 members (excludes halogenated alkanes) is 9. The Hall–Kier alpha value is -2.82. The lowest BCUT2D eigenvalue weighted by atomic mass is 10.1. The fraction of sp³-hybridized carbons (Fsp3) is 0.658. The summed E-state index contributed by atoms with van der Waals surface area (Å²) in [5.41, 5.74) is 0. The molecule has 11 nitrogen and oxygen atoms in total. The third-order valence-electron chi connectivity index (χ3n) is 7.29. The molecule has 0 aliphatic carbocycles. The standard InChI is InChI=1S/C38H64NO10P/c1-3-5-7-9-11-13-15-16-17-18-20-22-24-26-28-30-37(42)47-31-34(40)32-48-50(45,46)49-33-35(38(43)44)39-36(41)29-27-25-23-21-19-14-12-10-8-6-4-2/h5,7,10-13,16-17,20,22,34-35,40H,3-4,6,8-9,14-15,18-19,21,23-33H2,1-2H3,(H,39,41)(H,43,44)(H,45,46)/b7-5-,12-10-,13-11-,17-16-,22-20-. The Morgan fingerprint density at radius 3 is 1.78 bits per heavy atom. The van der Waals surface area contributed by atoms with Gasteiger partial charge in [0.1, 0.15) is 12.7 Å². The van der Waals surface area contributed by atoms with Crippen LogP contribution in [0, 0.1) is 0 Å². The molecule has 286 valence electrons. The van der Waals surface area contributed by atoms with E-state index in [-0.39, 0.29) is 12.8 Å². The zero-order valence-corrected chi connectivity index (χ0v) is 31.3. The number of ether oxygens (including phenoxy) is 1. The first-order chi connectivity index (χ1) is 24.1. The maximum Gasteiger partial charge on any atom is 0.472 e. The van der Waals surface area contributed by atoms with E-state index in [1.54, 1.807) is 0 Å². The number of allylic oxidation sites excluding steroid dienone is 10. The van der Waals surface area contributed by atoms with Crippen molar-refractivity contribution in [3.05, 3.63) is 60.8 Å². The molecule has 0 bridgehead atoms. The molecule has 0 aliphatic heterocycles. The van der Waals surface area contributed by atoms with Crippen LogP contribution in [0.2, 0.25) is 0 Å². The van der Waals surface area contributed by atoms with Gasteiger partial charge in [-0.3, -0.25) is 18.6 Å². The smallest absolute Gasteiger partial charge is 0.472 e. The number of carbonyl (C=O) groups excluding carboxylic acids is 2. The van der Waals surface area contributed by atoms with Gasteiger partial charge in [-0.1, -0.05) is 107 Å². The number of carboxylic acid groups (broad SMARTS) is 1. The Balaban J connectivity index is 4.06. The summed E-state index contributed by atoms with van der Waals surface area (Å²) in [7, 11) is -4.76. The summed E-state index contributed by atoms with van der Waals surface area (Å²) in [5.74, 6) is -2.44. The van der Waals surface area contributed by atoms with Gasteiger partial charge < -0.3 is 25.2 Å². The van der Waals surface area contributed by atoms with E-state index < -0.39 is 57.6 Å².